The smallest absolute Gasteiger partial charge is 0.311 e. The van der Waals surface area contributed by atoms with Gasteiger partial charge in [-0.05, 0) is 47.6 Å². The van der Waals surface area contributed by atoms with Crippen LogP contribution in [0.25, 0.3) is 0 Å². The van der Waals surface area contributed by atoms with Gasteiger partial charge >= 0.3 is 5.97 Å². The van der Waals surface area contributed by atoms with Crippen molar-refractivity contribution in [2.45, 2.75) is 12.8 Å². The zero-order valence-corrected chi connectivity index (χ0v) is 13.3. The number of carboxylic acids is 1. The lowest BCUT2D eigenvalue weighted by Crippen LogP contribution is -2.34. The maximum atomic E-state index is 12.0. The lowest BCUT2D eigenvalue weighted by Gasteiger charge is -2.12. The summed E-state index contributed by atoms with van der Waals surface area (Å²) >= 11 is 13.8. The van der Waals surface area contributed by atoms with Crippen LogP contribution in [0.5, 0.6) is 0 Å². The molecule has 0 aromatic heterocycles. The Labute approximate surface area is 133 Å². The second kappa shape index (κ2) is 5.46. The minimum Gasteiger partial charge on any atom is -0.481 e. The van der Waals surface area contributed by atoms with E-state index in [-0.39, 0.29) is 12.5 Å². The summed E-state index contributed by atoms with van der Waals surface area (Å²) in [5.74, 6) is -1.23. The first-order valence-corrected chi connectivity index (χ1v) is 7.35. The van der Waals surface area contributed by atoms with Crippen LogP contribution in [-0.2, 0) is 4.79 Å². The van der Waals surface area contributed by atoms with Gasteiger partial charge in [-0.3, -0.25) is 9.59 Å². The normalized spacial score (nSPS) is 15.9. The molecule has 1 aromatic rings. The number of hydrogen-bond acceptors (Lipinski definition) is 2. The molecule has 0 saturated heterocycles. The quantitative estimate of drug-likeness (QED) is 0.588. The molecule has 7 heteroatoms. The van der Waals surface area contributed by atoms with Crippen LogP contribution >= 0.6 is 45.8 Å². The van der Waals surface area contributed by atoms with Crippen molar-refractivity contribution in [1.29, 1.82) is 0 Å². The first-order chi connectivity index (χ1) is 8.85. The number of halogens is 3. The minimum absolute atomic E-state index is 0.126. The van der Waals surface area contributed by atoms with Gasteiger partial charge in [0.1, 0.15) is 0 Å². The van der Waals surface area contributed by atoms with Gasteiger partial charge in [-0.25, -0.2) is 0 Å². The Morgan fingerprint density at radius 3 is 2.53 bits per heavy atom. The second-order valence-corrected chi connectivity index (χ2v) is 6.44. The average molecular weight is 414 g/mol. The molecule has 1 amide bonds. The van der Waals surface area contributed by atoms with E-state index < -0.39 is 11.4 Å². The van der Waals surface area contributed by atoms with E-state index in [2.05, 4.69) is 5.32 Å². The van der Waals surface area contributed by atoms with Crippen LogP contribution in [0.1, 0.15) is 23.2 Å². The number of hydrogen-bond donors (Lipinski definition) is 2. The van der Waals surface area contributed by atoms with Gasteiger partial charge in [0.2, 0.25) is 0 Å². The number of carbonyl (C=O) groups is 2. The number of aliphatic carboxylic acids is 1. The summed E-state index contributed by atoms with van der Waals surface area (Å²) in [5, 5.41) is 12.4. The third-order valence-corrected chi connectivity index (χ3v) is 5.13. The Hall–Kier alpha value is -0.530. The number of carboxylic acid groups (broad SMARTS) is 1. The summed E-state index contributed by atoms with van der Waals surface area (Å²) in [7, 11) is 0. The van der Waals surface area contributed by atoms with Gasteiger partial charge in [0, 0.05) is 15.1 Å². The number of amides is 1. The Morgan fingerprint density at radius 1 is 1.37 bits per heavy atom. The molecule has 19 heavy (non-hydrogen) atoms. The first kappa shape index (κ1) is 14.9. The summed E-state index contributed by atoms with van der Waals surface area (Å²) in [6.45, 7) is 0.126. The van der Waals surface area contributed by atoms with Gasteiger partial charge in [0.15, 0.2) is 0 Å². The molecule has 0 atom stereocenters. The van der Waals surface area contributed by atoms with Gasteiger partial charge in [-0.1, -0.05) is 23.2 Å². The fourth-order valence-corrected chi connectivity index (χ4v) is 2.73. The number of nitrogens with one attached hydrogen (secondary N) is 1. The molecule has 1 aliphatic carbocycles. The summed E-state index contributed by atoms with van der Waals surface area (Å²) in [6.07, 6.45) is 1.19. The van der Waals surface area contributed by atoms with E-state index in [4.69, 9.17) is 28.3 Å². The van der Waals surface area contributed by atoms with Crippen LogP contribution in [0.4, 0.5) is 0 Å². The first-order valence-electron chi connectivity index (χ1n) is 5.52. The molecule has 2 N–H and O–H groups in total. The fourth-order valence-electron chi connectivity index (χ4n) is 1.68. The van der Waals surface area contributed by atoms with E-state index in [9.17, 15) is 9.59 Å². The van der Waals surface area contributed by atoms with Crippen LogP contribution in [0, 0.1) is 8.99 Å². The Balaban J connectivity index is 2.11. The van der Waals surface area contributed by atoms with Gasteiger partial charge in [-0.2, -0.15) is 0 Å². The maximum Gasteiger partial charge on any atom is 0.311 e. The number of benzene rings is 1. The van der Waals surface area contributed by atoms with Crippen molar-refractivity contribution in [1.82, 2.24) is 5.32 Å². The Kier molecular flexibility index (Phi) is 4.27. The summed E-state index contributed by atoms with van der Waals surface area (Å²) in [5.41, 5.74) is -0.428. The molecule has 0 unspecified atom stereocenters. The predicted molar refractivity (Wildman–Crippen MR) is 80.8 cm³/mol. The van der Waals surface area contributed by atoms with Crippen LogP contribution in [0.15, 0.2) is 12.1 Å². The lowest BCUT2D eigenvalue weighted by atomic mass is 10.1. The highest BCUT2D eigenvalue weighted by Gasteiger charge is 2.50. The Bertz CT molecular complexity index is 558. The highest BCUT2D eigenvalue weighted by Crippen LogP contribution is 2.45. The molecule has 0 heterocycles. The molecule has 0 radical (unpaired) electrons. The van der Waals surface area contributed by atoms with Gasteiger partial charge in [0.05, 0.1) is 16.0 Å². The van der Waals surface area contributed by atoms with Crippen molar-refractivity contribution in [3.8, 4) is 0 Å². The van der Waals surface area contributed by atoms with Crippen molar-refractivity contribution >= 4 is 57.7 Å². The molecule has 2 rings (SSSR count). The third-order valence-electron chi connectivity index (χ3n) is 3.13. The molecule has 0 spiro atoms. The highest BCUT2D eigenvalue weighted by atomic mass is 127. The van der Waals surface area contributed by atoms with E-state index in [0.717, 1.165) is 0 Å². The summed E-state index contributed by atoms with van der Waals surface area (Å²) in [6, 6.07) is 3.08. The van der Waals surface area contributed by atoms with Crippen LogP contribution < -0.4 is 5.32 Å². The van der Waals surface area contributed by atoms with Gasteiger partial charge in [-0.15, -0.1) is 0 Å². The van der Waals surface area contributed by atoms with Gasteiger partial charge in [0.25, 0.3) is 5.91 Å². The average Bonchev–Trinajstić information content (AvgIpc) is 3.12. The van der Waals surface area contributed by atoms with E-state index in [1.165, 1.54) is 6.07 Å². The molecular formula is C12H10Cl2INO3. The topological polar surface area (TPSA) is 66.4 Å². The van der Waals surface area contributed by atoms with Crippen molar-refractivity contribution in [3.05, 3.63) is 31.3 Å². The minimum atomic E-state index is -0.869. The van der Waals surface area contributed by atoms with Crippen molar-refractivity contribution in [3.63, 3.8) is 0 Å². The lowest BCUT2D eigenvalue weighted by molar-refractivity contribution is -0.143. The molecule has 1 aliphatic rings. The zero-order valence-electron chi connectivity index (χ0n) is 9.67. The van der Waals surface area contributed by atoms with Crippen LogP contribution in [0.2, 0.25) is 10.0 Å². The standard InChI is InChI=1S/C12H10Cl2INO3/c13-6-3-7(9(15)8(14)4-6)10(17)16-5-12(1-2-12)11(18)19/h3-4H,1-2,5H2,(H,16,17)(H,18,19). The molecule has 1 aromatic carbocycles. The monoisotopic (exact) mass is 413 g/mol. The van der Waals surface area contributed by atoms with E-state index in [1.807, 2.05) is 22.6 Å². The van der Waals surface area contributed by atoms with E-state index >= 15 is 0 Å². The van der Waals surface area contributed by atoms with Gasteiger partial charge < -0.3 is 10.4 Å². The molecule has 0 bridgehead atoms. The summed E-state index contributed by atoms with van der Waals surface area (Å²) < 4.78 is 0.598. The largest absolute Gasteiger partial charge is 0.481 e. The van der Waals surface area contributed by atoms with Crippen molar-refractivity contribution in [2.75, 3.05) is 6.54 Å². The number of carbonyl (C=O) groups excluding carboxylic acids is 1. The van der Waals surface area contributed by atoms with Crippen molar-refractivity contribution in [2.24, 2.45) is 5.41 Å². The molecule has 0 aliphatic heterocycles. The number of rotatable bonds is 4. The van der Waals surface area contributed by atoms with Crippen LogP contribution in [0.3, 0.4) is 0 Å². The van der Waals surface area contributed by atoms with Crippen molar-refractivity contribution < 1.29 is 14.7 Å². The zero-order chi connectivity index (χ0) is 14.2. The summed E-state index contributed by atoms with van der Waals surface area (Å²) in [4.78, 5) is 23.1. The molecule has 102 valence electrons. The molecule has 1 saturated carbocycles. The third kappa shape index (κ3) is 3.14. The maximum absolute atomic E-state index is 12.0. The van der Waals surface area contributed by atoms with E-state index in [1.54, 1.807) is 6.07 Å². The SMILES string of the molecule is O=C(NCC1(C(=O)O)CC1)c1cc(Cl)cc(Cl)c1I. The van der Waals surface area contributed by atoms with E-state index in [0.29, 0.717) is 32.0 Å². The van der Waals surface area contributed by atoms with Crippen LogP contribution in [-0.4, -0.2) is 23.5 Å². The second-order valence-electron chi connectivity index (χ2n) is 4.52. The predicted octanol–water partition coefficient (Wildman–Crippen LogP) is 3.19. The molecule has 4 nitrogen and oxygen atoms in total. The highest BCUT2D eigenvalue weighted by molar-refractivity contribution is 14.1. The Morgan fingerprint density at radius 2 is 2.00 bits per heavy atom. The molecular weight excluding hydrogens is 404 g/mol. The fraction of sp³-hybridized carbons (Fsp3) is 0.333. The molecule has 1 fully saturated rings.